The van der Waals surface area contributed by atoms with E-state index in [1.165, 1.54) is 24.1 Å². The number of nitrogens with zero attached hydrogens (tertiary/aromatic N) is 3. The predicted molar refractivity (Wildman–Crippen MR) is 135 cm³/mol. The average Bonchev–Trinajstić information content (AvgIpc) is 3.29. The minimum absolute atomic E-state index is 0.123. The molecule has 0 bridgehead atoms. The van der Waals surface area contributed by atoms with Crippen molar-refractivity contribution in [2.45, 2.75) is 39.5 Å². The van der Waals surface area contributed by atoms with Gasteiger partial charge in [0.1, 0.15) is 17.2 Å². The van der Waals surface area contributed by atoms with Crippen molar-refractivity contribution in [3.05, 3.63) is 90.0 Å². The number of amides is 1. The molecule has 0 saturated carbocycles. The summed E-state index contributed by atoms with van der Waals surface area (Å²) in [5, 5.41) is 48.8. The van der Waals surface area contributed by atoms with Crippen LogP contribution >= 0.6 is 0 Å². The number of esters is 1. The topological polar surface area (TPSA) is 211 Å². The molecule has 0 radical (unpaired) electrons. The molecule has 1 aliphatic rings. The second-order valence-corrected chi connectivity index (χ2v) is 8.65. The lowest BCUT2D eigenvalue weighted by Gasteiger charge is -2.22. The average molecular weight is 546 g/mol. The number of aromatic carboxylic acids is 1. The molecule has 1 aliphatic heterocycles. The van der Waals surface area contributed by atoms with E-state index in [-0.39, 0.29) is 37.4 Å². The van der Waals surface area contributed by atoms with Gasteiger partial charge in [0.25, 0.3) is 17.3 Å². The first-order valence-electron chi connectivity index (χ1n) is 11.3. The van der Waals surface area contributed by atoms with E-state index >= 15 is 0 Å². The zero-order valence-electron chi connectivity index (χ0n) is 21.4. The number of carbonyl (C=O) groups is 3. The number of rotatable bonds is 7. The van der Waals surface area contributed by atoms with Gasteiger partial charge in [-0.25, -0.2) is 9.59 Å². The molecule has 14 nitrogen and oxygen atoms in total. The maximum absolute atomic E-state index is 12.8. The van der Waals surface area contributed by atoms with Crippen molar-refractivity contribution in [2.75, 3.05) is 13.7 Å². The zero-order valence-corrected chi connectivity index (χ0v) is 21.4. The number of methoxy groups -OCH3 is 1. The Morgan fingerprint density at radius 1 is 0.974 bits per heavy atom. The van der Waals surface area contributed by atoms with Crippen LogP contribution in [-0.4, -0.2) is 67.6 Å². The summed E-state index contributed by atoms with van der Waals surface area (Å²) in [6.07, 6.45) is 0.255. The van der Waals surface area contributed by atoms with Crippen LogP contribution in [0.5, 0.6) is 0 Å². The van der Waals surface area contributed by atoms with E-state index in [1.54, 1.807) is 13.8 Å². The van der Waals surface area contributed by atoms with Gasteiger partial charge in [0.15, 0.2) is 0 Å². The molecule has 0 aromatic heterocycles. The molecule has 39 heavy (non-hydrogen) atoms. The number of carboxylic acids is 1. The second kappa shape index (κ2) is 12.7. The number of nitro groups is 2. The van der Waals surface area contributed by atoms with Gasteiger partial charge in [-0.15, -0.1) is 0 Å². The Morgan fingerprint density at radius 3 is 1.85 bits per heavy atom. The summed E-state index contributed by atoms with van der Waals surface area (Å²) in [6, 6.07) is 3.96. The number of aliphatic hydroxyl groups is 2. The first kappa shape index (κ1) is 30.5. The van der Waals surface area contributed by atoms with Crippen molar-refractivity contribution in [1.82, 2.24) is 4.90 Å². The molecular weight excluding hydrogens is 518 g/mol. The second-order valence-electron chi connectivity index (χ2n) is 8.65. The highest BCUT2D eigenvalue weighted by Gasteiger charge is 2.39. The van der Waals surface area contributed by atoms with Crippen LogP contribution < -0.4 is 0 Å². The molecule has 0 aliphatic carbocycles. The number of carboxylic acid groups (broad SMARTS) is 1. The monoisotopic (exact) mass is 545 g/mol. The number of aryl methyl sites for hydroxylation is 2. The van der Waals surface area contributed by atoms with E-state index in [0.29, 0.717) is 27.8 Å². The molecule has 0 spiro atoms. The summed E-state index contributed by atoms with van der Waals surface area (Å²) in [7, 11) is 1.21. The number of likely N-dealkylation sites (tertiary alicyclic amines) is 1. The largest absolute Gasteiger partial charge is 0.477 e. The standard InChI is InChI=1S/C16H18N2O6.C9H9NO5/c1-9-4-14(16(21)24-3)17(7-9)15(20)12-6-11(8-19)10(2)5-13(12)18(22)23;1-5-2-8(10(14)15)7(9(12)13)3-6(5)4-11/h5-6,14,19H,1,4,7-8H2,2-3H3;2-3,11H,4H2,1H3,(H,12,13)/t14-;/m0./s1. The molecular formula is C25H27N3O11. The molecule has 3 N–H and O–H groups in total. The van der Waals surface area contributed by atoms with Crippen molar-refractivity contribution < 1.29 is 44.3 Å². The molecule has 1 fully saturated rings. The highest BCUT2D eigenvalue weighted by atomic mass is 16.6. The zero-order chi connectivity index (χ0) is 29.6. The van der Waals surface area contributed by atoms with Crippen LogP contribution in [0.15, 0.2) is 36.4 Å². The fraction of sp³-hybridized carbons (Fsp3) is 0.320. The predicted octanol–water partition coefficient (Wildman–Crippen LogP) is 2.43. The van der Waals surface area contributed by atoms with Gasteiger partial charge in [-0.3, -0.25) is 25.0 Å². The van der Waals surface area contributed by atoms with Gasteiger partial charge >= 0.3 is 11.9 Å². The van der Waals surface area contributed by atoms with Crippen LogP contribution in [0.2, 0.25) is 0 Å². The number of ether oxygens (including phenoxy) is 1. The van der Waals surface area contributed by atoms with Gasteiger partial charge in [-0.1, -0.05) is 12.2 Å². The first-order chi connectivity index (χ1) is 18.3. The minimum atomic E-state index is -1.38. The summed E-state index contributed by atoms with van der Waals surface area (Å²) in [5.41, 5.74) is 1.05. The van der Waals surface area contributed by atoms with E-state index in [4.69, 9.17) is 14.9 Å². The van der Waals surface area contributed by atoms with E-state index in [2.05, 4.69) is 6.58 Å². The first-order valence-corrected chi connectivity index (χ1v) is 11.3. The third-order valence-corrected chi connectivity index (χ3v) is 6.09. The third kappa shape index (κ3) is 6.80. The maximum atomic E-state index is 12.8. The Kier molecular flexibility index (Phi) is 9.95. The fourth-order valence-electron chi connectivity index (χ4n) is 3.97. The fourth-order valence-corrected chi connectivity index (χ4v) is 3.97. The van der Waals surface area contributed by atoms with Crippen LogP contribution in [0.4, 0.5) is 11.4 Å². The Bertz CT molecular complexity index is 1350. The number of benzene rings is 2. The van der Waals surface area contributed by atoms with Crippen LogP contribution in [0.3, 0.4) is 0 Å². The van der Waals surface area contributed by atoms with Gasteiger partial charge in [0.2, 0.25) is 0 Å². The number of carbonyl (C=O) groups excluding carboxylic acids is 2. The molecule has 1 heterocycles. The Morgan fingerprint density at radius 2 is 1.44 bits per heavy atom. The van der Waals surface area contributed by atoms with Crippen molar-refractivity contribution in [2.24, 2.45) is 0 Å². The van der Waals surface area contributed by atoms with Gasteiger partial charge in [-0.2, -0.15) is 0 Å². The lowest BCUT2D eigenvalue weighted by molar-refractivity contribution is -0.385. The summed E-state index contributed by atoms with van der Waals surface area (Å²) in [4.78, 5) is 57.1. The SMILES string of the molecule is C=C1C[C@@H](C(=O)OC)N(C(=O)c2cc(CO)c(C)cc2[N+](=O)[O-])C1.Cc1cc([N+](=O)[O-])c(C(=O)O)cc1CO. The maximum Gasteiger partial charge on any atom is 0.342 e. The van der Waals surface area contributed by atoms with Crippen LogP contribution in [-0.2, 0) is 22.7 Å². The highest BCUT2D eigenvalue weighted by Crippen LogP contribution is 2.30. The van der Waals surface area contributed by atoms with E-state index in [9.17, 15) is 39.7 Å². The smallest absolute Gasteiger partial charge is 0.342 e. The molecule has 208 valence electrons. The Labute approximate surface area is 222 Å². The Balaban J connectivity index is 0.000000306. The minimum Gasteiger partial charge on any atom is -0.477 e. The van der Waals surface area contributed by atoms with Crippen LogP contribution in [0.1, 0.15) is 49.4 Å². The van der Waals surface area contributed by atoms with Gasteiger partial charge < -0.3 is 25.0 Å². The quantitative estimate of drug-likeness (QED) is 0.199. The van der Waals surface area contributed by atoms with Crippen LogP contribution in [0.25, 0.3) is 0 Å². The molecule has 1 atom stereocenters. The lowest BCUT2D eigenvalue weighted by atomic mass is 10.0. The molecule has 3 rings (SSSR count). The molecule has 14 heteroatoms. The van der Waals surface area contributed by atoms with Crippen molar-refractivity contribution in [3.63, 3.8) is 0 Å². The third-order valence-electron chi connectivity index (χ3n) is 6.09. The van der Waals surface area contributed by atoms with Crippen molar-refractivity contribution >= 4 is 29.2 Å². The van der Waals surface area contributed by atoms with E-state index in [0.717, 1.165) is 12.1 Å². The van der Waals surface area contributed by atoms with Gasteiger partial charge in [-0.05, 0) is 48.2 Å². The number of nitro benzene ring substituents is 2. The summed E-state index contributed by atoms with van der Waals surface area (Å²) >= 11 is 0. The molecule has 2 aromatic rings. The van der Waals surface area contributed by atoms with Crippen LogP contribution in [0, 0.1) is 34.1 Å². The van der Waals surface area contributed by atoms with Crippen molar-refractivity contribution in [3.8, 4) is 0 Å². The number of aliphatic hydroxyl groups excluding tert-OH is 2. The summed E-state index contributed by atoms with van der Waals surface area (Å²) in [6.45, 7) is 6.39. The van der Waals surface area contributed by atoms with Gasteiger partial charge in [0, 0.05) is 25.1 Å². The van der Waals surface area contributed by atoms with Gasteiger partial charge in [0.05, 0.1) is 30.2 Å². The normalized spacial score (nSPS) is 14.3. The lowest BCUT2D eigenvalue weighted by Crippen LogP contribution is -2.41. The Hall–Kier alpha value is -4.69. The summed E-state index contributed by atoms with van der Waals surface area (Å²) in [5.74, 6) is -2.64. The number of hydrogen-bond acceptors (Lipinski definition) is 10. The van der Waals surface area contributed by atoms with Crippen molar-refractivity contribution in [1.29, 1.82) is 0 Å². The molecule has 0 unspecified atom stereocenters. The molecule has 2 aromatic carbocycles. The number of hydrogen-bond donors (Lipinski definition) is 3. The summed E-state index contributed by atoms with van der Waals surface area (Å²) < 4.78 is 4.69. The van der Waals surface area contributed by atoms with E-state index in [1.807, 2.05) is 0 Å². The highest BCUT2D eigenvalue weighted by molar-refractivity contribution is 6.01. The van der Waals surface area contributed by atoms with E-state index < -0.39 is 45.0 Å². The molecule has 1 amide bonds. The molecule has 1 saturated heterocycles.